The van der Waals surface area contributed by atoms with Crippen LogP contribution in [0.25, 0.3) is 27.6 Å². The summed E-state index contributed by atoms with van der Waals surface area (Å²) in [7, 11) is 1.40. The Bertz CT molecular complexity index is 1990. The second-order valence-corrected chi connectivity index (χ2v) is 12.3. The summed E-state index contributed by atoms with van der Waals surface area (Å²) in [6, 6.07) is 17.2. The van der Waals surface area contributed by atoms with E-state index < -0.39 is 5.79 Å². The highest BCUT2D eigenvalue weighted by Gasteiger charge is 2.42. The first kappa shape index (κ1) is 28.2. The number of rotatable bonds is 7. The van der Waals surface area contributed by atoms with Gasteiger partial charge in [0.2, 0.25) is 0 Å². The van der Waals surface area contributed by atoms with E-state index in [9.17, 15) is 4.79 Å². The van der Waals surface area contributed by atoms with Crippen LogP contribution in [0, 0.1) is 0 Å². The number of halogens is 1. The molecule has 5 heterocycles. The van der Waals surface area contributed by atoms with E-state index in [0.717, 1.165) is 71.7 Å². The number of fused-ring (bicyclic) bond motifs is 3. The van der Waals surface area contributed by atoms with Gasteiger partial charge in [0.05, 0.1) is 59.7 Å². The maximum absolute atomic E-state index is 12.2. The van der Waals surface area contributed by atoms with Crippen LogP contribution in [-0.2, 0) is 28.4 Å². The Morgan fingerprint density at radius 2 is 2.04 bits per heavy atom. The van der Waals surface area contributed by atoms with Crippen molar-refractivity contribution in [2.24, 2.45) is 0 Å². The van der Waals surface area contributed by atoms with Crippen LogP contribution in [0.2, 0.25) is 5.02 Å². The van der Waals surface area contributed by atoms with Gasteiger partial charge in [-0.05, 0) is 60.9 Å². The van der Waals surface area contributed by atoms with E-state index in [1.165, 1.54) is 12.7 Å². The second-order valence-electron chi connectivity index (χ2n) is 11.9. The maximum atomic E-state index is 12.2. The van der Waals surface area contributed by atoms with Crippen molar-refractivity contribution >= 4 is 45.1 Å². The van der Waals surface area contributed by atoms with Crippen LogP contribution < -0.4 is 9.47 Å². The Morgan fingerprint density at radius 1 is 1.16 bits per heavy atom. The van der Waals surface area contributed by atoms with Crippen molar-refractivity contribution in [3.05, 3.63) is 94.5 Å². The third kappa shape index (κ3) is 4.86. The minimum Gasteiger partial charge on any atom is -0.465 e. The van der Waals surface area contributed by atoms with Crippen LogP contribution in [0.1, 0.15) is 47.1 Å². The molecular weight excluding hydrogens is 594 g/mol. The second kappa shape index (κ2) is 10.9. The van der Waals surface area contributed by atoms with E-state index in [0.29, 0.717) is 35.0 Å². The summed E-state index contributed by atoms with van der Waals surface area (Å²) in [4.78, 5) is 19.6. The van der Waals surface area contributed by atoms with Gasteiger partial charge in [-0.25, -0.2) is 9.78 Å². The predicted octanol–water partition coefficient (Wildman–Crippen LogP) is 6.94. The number of benzene rings is 3. The van der Waals surface area contributed by atoms with Gasteiger partial charge in [-0.3, -0.25) is 4.90 Å². The molecule has 0 bridgehead atoms. The van der Waals surface area contributed by atoms with Crippen LogP contribution in [0.5, 0.6) is 11.5 Å². The van der Waals surface area contributed by atoms with Crippen LogP contribution in [-0.4, -0.2) is 53.3 Å². The summed E-state index contributed by atoms with van der Waals surface area (Å²) >= 11 is 6.40. The zero-order valence-corrected chi connectivity index (χ0v) is 25.8. The van der Waals surface area contributed by atoms with Crippen molar-refractivity contribution in [2.75, 3.05) is 26.8 Å². The number of hydrogen-bond donors (Lipinski definition) is 0. The molecule has 3 aliphatic rings. The average Bonchev–Trinajstić information content (AvgIpc) is 3.74. The summed E-state index contributed by atoms with van der Waals surface area (Å²) in [6.07, 6.45) is 5.91. The molecule has 1 fully saturated rings. The third-order valence-corrected chi connectivity index (χ3v) is 9.39. The normalized spacial score (nSPS) is 21.2. The van der Waals surface area contributed by atoms with E-state index in [1.54, 1.807) is 12.3 Å². The molecule has 0 aliphatic carbocycles. The van der Waals surface area contributed by atoms with Crippen molar-refractivity contribution in [1.29, 1.82) is 0 Å². The van der Waals surface area contributed by atoms with E-state index in [4.69, 9.17) is 39.9 Å². The fourth-order valence-electron chi connectivity index (χ4n) is 6.55. The topological polar surface area (TPSA) is 88.2 Å². The quantitative estimate of drug-likeness (QED) is 0.180. The molecular formula is C35H32ClN3O6. The highest BCUT2D eigenvalue weighted by molar-refractivity contribution is 6.35. The van der Waals surface area contributed by atoms with Crippen LogP contribution in [0.3, 0.4) is 0 Å². The number of para-hydroxylation sites is 1. The van der Waals surface area contributed by atoms with Crippen LogP contribution >= 0.6 is 11.6 Å². The number of esters is 1. The van der Waals surface area contributed by atoms with E-state index >= 15 is 0 Å². The number of furan rings is 1. The minimum atomic E-state index is -1.06. The van der Waals surface area contributed by atoms with Gasteiger partial charge in [-0.2, -0.15) is 0 Å². The molecule has 0 amide bonds. The molecule has 0 saturated carbocycles. The van der Waals surface area contributed by atoms with Crippen molar-refractivity contribution in [2.45, 2.75) is 44.7 Å². The predicted molar refractivity (Wildman–Crippen MR) is 170 cm³/mol. The van der Waals surface area contributed by atoms with Gasteiger partial charge in [-0.1, -0.05) is 29.8 Å². The molecule has 3 aliphatic heterocycles. The number of aromatic nitrogens is 2. The third-order valence-electron chi connectivity index (χ3n) is 9.07. The summed E-state index contributed by atoms with van der Waals surface area (Å²) in [5.74, 6) is 0.977. The molecule has 2 atom stereocenters. The summed E-state index contributed by atoms with van der Waals surface area (Å²) in [5.41, 5.74) is 5.98. The first-order valence-electron chi connectivity index (χ1n) is 15.2. The zero-order chi connectivity index (χ0) is 30.7. The summed E-state index contributed by atoms with van der Waals surface area (Å²) in [5, 5.41) is 1.45. The van der Waals surface area contributed by atoms with Gasteiger partial charge in [0.1, 0.15) is 11.4 Å². The van der Waals surface area contributed by atoms with Crippen LogP contribution in [0.15, 0.2) is 71.4 Å². The molecule has 0 N–H and O–H groups in total. The largest absolute Gasteiger partial charge is 0.465 e. The first-order valence-corrected chi connectivity index (χ1v) is 15.6. The molecule has 10 heteroatoms. The average molecular weight is 626 g/mol. The van der Waals surface area contributed by atoms with Gasteiger partial charge >= 0.3 is 5.97 Å². The van der Waals surface area contributed by atoms with Gasteiger partial charge in [-0.15, -0.1) is 0 Å². The number of ether oxygens (including phenoxy) is 4. The van der Waals surface area contributed by atoms with E-state index in [2.05, 4.69) is 21.6 Å². The number of hydrogen-bond acceptors (Lipinski definition) is 8. The lowest BCUT2D eigenvalue weighted by molar-refractivity contribution is -0.0674. The highest BCUT2D eigenvalue weighted by atomic mass is 35.5. The number of carbonyl (C=O) groups excluding carboxylic acids is 1. The van der Waals surface area contributed by atoms with Crippen molar-refractivity contribution < 1.29 is 28.2 Å². The zero-order valence-electron chi connectivity index (χ0n) is 25.0. The van der Waals surface area contributed by atoms with Gasteiger partial charge < -0.3 is 27.9 Å². The van der Waals surface area contributed by atoms with Crippen molar-refractivity contribution in [3.63, 3.8) is 0 Å². The van der Waals surface area contributed by atoms with Gasteiger partial charge in [0, 0.05) is 37.6 Å². The molecule has 1 saturated heterocycles. The van der Waals surface area contributed by atoms with Crippen molar-refractivity contribution in [3.8, 4) is 11.5 Å². The molecule has 45 heavy (non-hydrogen) atoms. The van der Waals surface area contributed by atoms with Gasteiger partial charge in [0.15, 0.2) is 11.5 Å². The SMILES string of the molecule is COC(=O)c1ccc2nc(CN3CC=C(c4cccc5c4OC(C)(c4ccc(Cl)c6ccoc46)O5)CC3)n(C[C@@H]3CCO3)c2c1. The number of methoxy groups -OCH3 is 1. The molecule has 8 rings (SSSR count). The van der Waals surface area contributed by atoms with Gasteiger partial charge in [0.25, 0.3) is 5.79 Å². The molecule has 2 aromatic heterocycles. The standard InChI is InChI=1S/C35H32ClN3O6/c1-35(26-7-8-27(36)25-13-17-43-32(25)26)44-30-5-3-4-24(33(30)45-35)21-10-14-38(15-11-21)20-31-37-28-9-6-22(34(40)41-2)18-29(28)39(31)19-23-12-16-42-23/h3-10,13,17-18,23H,11-12,14-16,19-20H2,1-2H3/t23-,35?/m0/s1. The number of imidazole rings is 1. The fourth-order valence-corrected chi connectivity index (χ4v) is 6.76. The first-order chi connectivity index (χ1) is 21.9. The summed E-state index contributed by atoms with van der Waals surface area (Å²) < 4.78 is 31.8. The molecule has 0 spiro atoms. The van der Waals surface area contributed by atoms with E-state index in [-0.39, 0.29) is 12.1 Å². The van der Waals surface area contributed by atoms with Crippen molar-refractivity contribution in [1.82, 2.24) is 14.5 Å². The molecule has 230 valence electrons. The Morgan fingerprint density at radius 3 is 2.82 bits per heavy atom. The Kier molecular flexibility index (Phi) is 6.85. The highest BCUT2D eigenvalue weighted by Crippen LogP contribution is 2.50. The smallest absolute Gasteiger partial charge is 0.337 e. The molecule has 0 radical (unpaired) electrons. The monoisotopic (exact) mass is 625 g/mol. The maximum Gasteiger partial charge on any atom is 0.337 e. The number of nitrogens with zero attached hydrogens (tertiary/aromatic N) is 3. The lowest BCUT2D eigenvalue weighted by atomic mass is 9.98. The minimum absolute atomic E-state index is 0.153. The molecule has 5 aromatic rings. The Hall–Kier alpha value is -4.31. The molecule has 1 unspecified atom stereocenters. The molecule has 3 aromatic carbocycles. The van der Waals surface area contributed by atoms with E-state index in [1.807, 2.05) is 49.4 Å². The lowest BCUT2D eigenvalue weighted by Gasteiger charge is -2.29. The Labute approximate surface area is 264 Å². The number of carbonyl (C=O) groups is 1. The fraction of sp³-hybridized carbons (Fsp3) is 0.314. The lowest BCUT2D eigenvalue weighted by Crippen LogP contribution is -2.33. The Balaban J connectivity index is 1.04. The van der Waals surface area contributed by atoms with Crippen LogP contribution in [0.4, 0.5) is 0 Å². The molecule has 9 nitrogen and oxygen atoms in total. The summed E-state index contributed by atoms with van der Waals surface area (Å²) in [6.45, 7) is 5.69.